The van der Waals surface area contributed by atoms with Crippen LogP contribution < -0.4 is 4.90 Å². The van der Waals surface area contributed by atoms with Crippen molar-refractivity contribution in [1.82, 2.24) is 9.97 Å². The topological polar surface area (TPSA) is 29.0 Å². The highest BCUT2D eigenvalue weighted by molar-refractivity contribution is 7.16. The summed E-state index contributed by atoms with van der Waals surface area (Å²) in [4.78, 5) is 12.1. The van der Waals surface area contributed by atoms with Gasteiger partial charge in [0.2, 0.25) is 5.28 Å². The lowest BCUT2D eigenvalue weighted by atomic mass is 9.84. The normalized spacial score (nSPS) is 19.4. The molecule has 2 aromatic heterocycles. The van der Waals surface area contributed by atoms with Gasteiger partial charge in [-0.05, 0) is 41.3 Å². The maximum absolute atomic E-state index is 6.03. The van der Waals surface area contributed by atoms with Gasteiger partial charge in [-0.25, -0.2) is 4.98 Å². The van der Waals surface area contributed by atoms with Gasteiger partial charge in [-0.3, -0.25) is 0 Å². The molecule has 0 N–H and O–H groups in total. The minimum absolute atomic E-state index is 0.345. The number of piperidine rings is 1. The SMILES string of the molecule is CC1(C)CCCN(c2nc(Cl)nc3sccc23)C1. The number of nitrogens with zero attached hydrogens (tertiary/aromatic N) is 3. The lowest BCUT2D eigenvalue weighted by Gasteiger charge is -2.38. The summed E-state index contributed by atoms with van der Waals surface area (Å²) in [5, 5.41) is 3.53. The zero-order valence-corrected chi connectivity index (χ0v) is 12.2. The quantitative estimate of drug-likeness (QED) is 0.741. The first-order valence-corrected chi connectivity index (χ1v) is 7.47. The van der Waals surface area contributed by atoms with Crippen LogP contribution in [0.15, 0.2) is 11.4 Å². The molecule has 3 nitrogen and oxygen atoms in total. The minimum Gasteiger partial charge on any atom is -0.355 e. The molecule has 0 atom stereocenters. The van der Waals surface area contributed by atoms with E-state index in [1.807, 2.05) is 5.38 Å². The molecule has 5 heteroatoms. The zero-order chi connectivity index (χ0) is 12.8. The molecule has 3 rings (SSSR count). The Kier molecular flexibility index (Phi) is 2.94. The average molecular weight is 282 g/mol. The maximum Gasteiger partial charge on any atom is 0.225 e. The van der Waals surface area contributed by atoms with Crippen molar-refractivity contribution in [1.29, 1.82) is 0 Å². The van der Waals surface area contributed by atoms with Crippen LogP contribution in [0, 0.1) is 5.41 Å². The second-order valence-corrected chi connectivity index (χ2v) is 6.88. The molecule has 0 spiro atoms. The van der Waals surface area contributed by atoms with Crippen molar-refractivity contribution >= 4 is 39.0 Å². The molecule has 0 bridgehead atoms. The van der Waals surface area contributed by atoms with Gasteiger partial charge in [-0.15, -0.1) is 11.3 Å². The molecule has 0 unspecified atom stereocenters. The number of rotatable bonds is 1. The van der Waals surface area contributed by atoms with E-state index < -0.39 is 0 Å². The zero-order valence-electron chi connectivity index (χ0n) is 10.6. The molecule has 96 valence electrons. The summed E-state index contributed by atoms with van der Waals surface area (Å²) in [6.45, 7) is 6.71. The molecular weight excluding hydrogens is 266 g/mol. The first-order valence-electron chi connectivity index (χ1n) is 6.21. The fourth-order valence-corrected chi connectivity index (χ4v) is 3.63. The van der Waals surface area contributed by atoms with E-state index in [1.165, 1.54) is 12.8 Å². The van der Waals surface area contributed by atoms with Crippen LogP contribution >= 0.6 is 22.9 Å². The first kappa shape index (κ1) is 12.2. The molecule has 0 saturated carbocycles. The third kappa shape index (κ3) is 2.19. The van der Waals surface area contributed by atoms with Crippen LogP contribution in [0.4, 0.5) is 5.82 Å². The Morgan fingerprint density at radius 2 is 2.22 bits per heavy atom. The fraction of sp³-hybridized carbons (Fsp3) is 0.538. The predicted octanol–water partition coefficient (Wildman–Crippen LogP) is 3.97. The fourth-order valence-electron chi connectivity index (χ4n) is 2.66. The van der Waals surface area contributed by atoms with E-state index in [-0.39, 0.29) is 0 Å². The van der Waals surface area contributed by atoms with Gasteiger partial charge in [-0.1, -0.05) is 13.8 Å². The number of fused-ring (bicyclic) bond motifs is 1. The molecule has 1 saturated heterocycles. The maximum atomic E-state index is 6.03. The Bertz CT molecular complexity index is 579. The van der Waals surface area contributed by atoms with E-state index in [1.54, 1.807) is 11.3 Å². The van der Waals surface area contributed by atoms with Gasteiger partial charge in [0.25, 0.3) is 0 Å². The molecule has 18 heavy (non-hydrogen) atoms. The van der Waals surface area contributed by atoms with Crippen molar-refractivity contribution < 1.29 is 0 Å². The van der Waals surface area contributed by atoms with Gasteiger partial charge in [0, 0.05) is 13.1 Å². The number of hydrogen-bond donors (Lipinski definition) is 0. The number of thiophene rings is 1. The number of hydrogen-bond acceptors (Lipinski definition) is 4. The van der Waals surface area contributed by atoms with Crippen molar-refractivity contribution in [2.75, 3.05) is 18.0 Å². The van der Waals surface area contributed by atoms with E-state index in [2.05, 4.69) is 34.8 Å². The molecule has 1 aliphatic heterocycles. The molecule has 0 amide bonds. The number of aromatic nitrogens is 2. The van der Waals surface area contributed by atoms with E-state index in [0.717, 1.165) is 29.1 Å². The Hall–Kier alpha value is -0.870. The lowest BCUT2D eigenvalue weighted by molar-refractivity contribution is 0.292. The van der Waals surface area contributed by atoms with Crippen molar-refractivity contribution in [2.45, 2.75) is 26.7 Å². The molecule has 0 aliphatic carbocycles. The molecule has 0 aromatic carbocycles. The molecule has 3 heterocycles. The highest BCUT2D eigenvalue weighted by Gasteiger charge is 2.28. The summed E-state index contributed by atoms with van der Waals surface area (Å²) < 4.78 is 0. The second-order valence-electron chi connectivity index (χ2n) is 5.64. The van der Waals surface area contributed by atoms with Gasteiger partial charge in [0.1, 0.15) is 10.6 Å². The second kappa shape index (κ2) is 4.35. The highest BCUT2D eigenvalue weighted by Crippen LogP contribution is 2.35. The third-order valence-corrected chi connectivity index (χ3v) is 4.45. The molecule has 1 aliphatic rings. The highest BCUT2D eigenvalue weighted by atomic mass is 35.5. The van der Waals surface area contributed by atoms with Gasteiger partial charge in [0.15, 0.2) is 0 Å². The van der Waals surface area contributed by atoms with Gasteiger partial charge >= 0.3 is 0 Å². The van der Waals surface area contributed by atoms with Gasteiger partial charge in [0.05, 0.1) is 5.39 Å². The smallest absolute Gasteiger partial charge is 0.225 e. The summed E-state index contributed by atoms with van der Waals surface area (Å²) in [5.74, 6) is 0.999. The predicted molar refractivity (Wildman–Crippen MR) is 77.7 cm³/mol. The Morgan fingerprint density at radius 3 is 3.00 bits per heavy atom. The molecular formula is C13H16ClN3S. The standard InChI is InChI=1S/C13H16ClN3S/c1-13(2)5-3-6-17(8-13)10-9-4-7-18-11(9)16-12(14)15-10/h4,7H,3,5-6,8H2,1-2H3. The van der Waals surface area contributed by atoms with Crippen LogP contribution in [0.1, 0.15) is 26.7 Å². The minimum atomic E-state index is 0.345. The Balaban J connectivity index is 2.05. The largest absolute Gasteiger partial charge is 0.355 e. The van der Waals surface area contributed by atoms with E-state index in [9.17, 15) is 0 Å². The number of anilines is 1. The monoisotopic (exact) mass is 281 g/mol. The summed E-state index contributed by atoms with van der Waals surface area (Å²) in [6.07, 6.45) is 2.48. The van der Waals surface area contributed by atoms with E-state index in [4.69, 9.17) is 11.6 Å². The van der Waals surface area contributed by atoms with Crippen molar-refractivity contribution in [3.05, 3.63) is 16.7 Å². The first-order chi connectivity index (χ1) is 8.55. The molecule has 0 radical (unpaired) electrons. The van der Waals surface area contributed by atoms with E-state index >= 15 is 0 Å². The lowest BCUT2D eigenvalue weighted by Crippen LogP contribution is -2.40. The van der Waals surface area contributed by atoms with Gasteiger partial charge in [-0.2, -0.15) is 4.98 Å². The Morgan fingerprint density at radius 1 is 1.39 bits per heavy atom. The summed E-state index contributed by atoms with van der Waals surface area (Å²) in [5.41, 5.74) is 0.345. The van der Waals surface area contributed by atoms with Crippen molar-refractivity contribution in [3.63, 3.8) is 0 Å². The van der Waals surface area contributed by atoms with Crippen LogP contribution in [0.25, 0.3) is 10.2 Å². The Labute approximate surface area is 116 Å². The third-order valence-electron chi connectivity index (χ3n) is 3.48. The van der Waals surface area contributed by atoms with Gasteiger partial charge < -0.3 is 4.90 Å². The van der Waals surface area contributed by atoms with Crippen LogP contribution in [-0.2, 0) is 0 Å². The van der Waals surface area contributed by atoms with Crippen LogP contribution in [0.3, 0.4) is 0 Å². The molecule has 2 aromatic rings. The van der Waals surface area contributed by atoms with Crippen molar-refractivity contribution in [3.8, 4) is 0 Å². The van der Waals surface area contributed by atoms with Crippen LogP contribution in [0.2, 0.25) is 5.28 Å². The number of halogens is 1. The summed E-state index contributed by atoms with van der Waals surface area (Å²) >= 11 is 7.65. The summed E-state index contributed by atoms with van der Waals surface area (Å²) in [7, 11) is 0. The van der Waals surface area contributed by atoms with Crippen LogP contribution in [-0.4, -0.2) is 23.1 Å². The van der Waals surface area contributed by atoms with E-state index in [0.29, 0.717) is 10.7 Å². The van der Waals surface area contributed by atoms with Crippen LogP contribution in [0.5, 0.6) is 0 Å². The summed E-state index contributed by atoms with van der Waals surface area (Å²) in [6, 6.07) is 2.09. The molecule has 1 fully saturated rings. The van der Waals surface area contributed by atoms with Crippen molar-refractivity contribution in [2.24, 2.45) is 5.41 Å². The average Bonchev–Trinajstić information content (AvgIpc) is 2.74.